The molecule has 7 nitrogen and oxygen atoms in total. The summed E-state index contributed by atoms with van der Waals surface area (Å²) in [5.74, 6) is 1.05. The Bertz CT molecular complexity index is 905. The first-order chi connectivity index (χ1) is 14.3. The van der Waals surface area contributed by atoms with Gasteiger partial charge in [0.2, 0.25) is 5.91 Å². The molecule has 1 heterocycles. The van der Waals surface area contributed by atoms with Gasteiger partial charge in [0.1, 0.15) is 4.88 Å². The van der Waals surface area contributed by atoms with Gasteiger partial charge < -0.3 is 14.2 Å². The number of carbonyl (C=O) groups excluding carboxylic acids is 2. The van der Waals surface area contributed by atoms with Crippen molar-refractivity contribution in [3.63, 3.8) is 0 Å². The minimum Gasteiger partial charge on any atom is -0.493 e. The highest BCUT2D eigenvalue weighted by Crippen LogP contribution is 2.29. The number of hydrogen-bond acceptors (Lipinski definition) is 7. The minimum absolute atomic E-state index is 0.283. The van der Waals surface area contributed by atoms with Crippen molar-refractivity contribution < 1.29 is 23.8 Å². The maximum atomic E-state index is 12.2. The zero-order valence-corrected chi connectivity index (χ0v) is 18.8. The molecule has 8 heteroatoms. The number of carbonyl (C=O) groups is 2. The van der Waals surface area contributed by atoms with E-state index in [-0.39, 0.29) is 12.5 Å². The number of thiazole rings is 1. The van der Waals surface area contributed by atoms with Crippen LogP contribution < -0.4 is 14.8 Å². The number of methoxy groups -OCH3 is 1. The topological polar surface area (TPSA) is 86.8 Å². The molecular weight excluding hydrogens is 404 g/mol. The van der Waals surface area contributed by atoms with Crippen LogP contribution in [0.1, 0.15) is 48.1 Å². The summed E-state index contributed by atoms with van der Waals surface area (Å²) in [6.07, 6.45) is 4.02. The summed E-state index contributed by atoms with van der Waals surface area (Å²) in [5.41, 5.74) is 1.32. The third-order valence-electron chi connectivity index (χ3n) is 4.06. The van der Waals surface area contributed by atoms with Gasteiger partial charge in [-0.1, -0.05) is 31.3 Å². The maximum absolute atomic E-state index is 12.2. The number of ether oxygens (including phenoxy) is 3. The van der Waals surface area contributed by atoms with Crippen molar-refractivity contribution in [3.05, 3.63) is 40.4 Å². The molecule has 2 aromatic rings. The van der Waals surface area contributed by atoms with Crippen molar-refractivity contribution in [3.8, 4) is 11.5 Å². The van der Waals surface area contributed by atoms with E-state index in [4.69, 9.17) is 14.2 Å². The maximum Gasteiger partial charge on any atom is 0.350 e. The molecule has 0 aliphatic rings. The lowest BCUT2D eigenvalue weighted by Gasteiger charge is -2.12. The van der Waals surface area contributed by atoms with E-state index >= 15 is 0 Å². The molecule has 0 fully saturated rings. The zero-order chi connectivity index (χ0) is 22.1. The molecule has 1 aromatic heterocycles. The summed E-state index contributed by atoms with van der Waals surface area (Å²) < 4.78 is 16.2. The van der Waals surface area contributed by atoms with Crippen LogP contribution in [0, 0.1) is 12.8 Å². The van der Waals surface area contributed by atoms with Crippen molar-refractivity contribution in [2.24, 2.45) is 5.92 Å². The highest BCUT2D eigenvalue weighted by molar-refractivity contribution is 7.17. The molecule has 0 atom stereocenters. The fraction of sp³-hybridized carbons (Fsp3) is 0.409. The van der Waals surface area contributed by atoms with Crippen LogP contribution in [0.2, 0.25) is 0 Å². The molecule has 1 aromatic carbocycles. The van der Waals surface area contributed by atoms with Crippen LogP contribution >= 0.6 is 11.3 Å². The predicted octanol–water partition coefficient (Wildman–Crippen LogP) is 4.71. The molecule has 30 heavy (non-hydrogen) atoms. The largest absolute Gasteiger partial charge is 0.493 e. The first-order valence-corrected chi connectivity index (χ1v) is 10.6. The second kappa shape index (κ2) is 11.3. The number of anilines is 1. The van der Waals surface area contributed by atoms with E-state index in [2.05, 4.69) is 24.1 Å². The fourth-order valence-corrected chi connectivity index (χ4v) is 3.33. The van der Waals surface area contributed by atoms with Gasteiger partial charge in [-0.15, -0.1) is 0 Å². The summed E-state index contributed by atoms with van der Waals surface area (Å²) in [7, 11) is 1.58. The number of hydrogen-bond donors (Lipinski definition) is 1. The quantitative estimate of drug-likeness (QED) is 0.432. The number of aromatic nitrogens is 1. The van der Waals surface area contributed by atoms with Crippen LogP contribution in [0.15, 0.2) is 24.3 Å². The normalized spacial score (nSPS) is 11.0. The van der Waals surface area contributed by atoms with E-state index in [1.165, 1.54) is 6.08 Å². The standard InChI is InChI=1S/C22H28N2O5S/c1-6-28-21(26)20-15(4)23-22(30-20)24-19(25)10-8-16-7-9-17(18(13-16)27-5)29-12-11-14(2)3/h7-10,13-14H,6,11-12H2,1-5H3,(H,23,24,25)/b10-8+. The molecular formula is C22H28N2O5S. The summed E-state index contributed by atoms with van der Waals surface area (Å²) in [5, 5.41) is 3.01. The number of nitrogens with zero attached hydrogens (tertiary/aromatic N) is 1. The molecule has 0 saturated carbocycles. The van der Waals surface area contributed by atoms with Gasteiger partial charge in [0.25, 0.3) is 0 Å². The number of amides is 1. The van der Waals surface area contributed by atoms with E-state index in [1.807, 2.05) is 12.1 Å². The van der Waals surface area contributed by atoms with Gasteiger partial charge in [-0.3, -0.25) is 10.1 Å². The molecule has 0 unspecified atom stereocenters. The molecule has 162 valence electrons. The first kappa shape index (κ1) is 23.4. The number of aryl methyl sites for hydroxylation is 1. The molecule has 0 aliphatic heterocycles. The number of rotatable bonds is 10. The van der Waals surface area contributed by atoms with Gasteiger partial charge in [-0.05, 0) is 50.0 Å². The average molecular weight is 433 g/mol. The summed E-state index contributed by atoms with van der Waals surface area (Å²) in [4.78, 5) is 28.7. The van der Waals surface area contributed by atoms with Gasteiger partial charge >= 0.3 is 5.97 Å². The number of nitrogens with one attached hydrogen (secondary N) is 1. The molecule has 1 N–H and O–H groups in total. The van der Waals surface area contributed by atoms with Crippen LogP contribution in [-0.2, 0) is 9.53 Å². The van der Waals surface area contributed by atoms with Crippen molar-refractivity contribution in [2.45, 2.75) is 34.1 Å². The first-order valence-electron chi connectivity index (χ1n) is 9.78. The summed E-state index contributed by atoms with van der Waals surface area (Å²) >= 11 is 1.09. The van der Waals surface area contributed by atoms with Gasteiger partial charge in [-0.25, -0.2) is 9.78 Å². The Morgan fingerprint density at radius 1 is 1.27 bits per heavy atom. The molecule has 0 saturated heterocycles. The highest BCUT2D eigenvalue weighted by Gasteiger charge is 2.17. The molecule has 1 amide bonds. The molecule has 0 bridgehead atoms. The Kier molecular flexibility index (Phi) is 8.86. The van der Waals surface area contributed by atoms with Gasteiger partial charge in [0.05, 0.1) is 26.0 Å². The third-order valence-corrected chi connectivity index (χ3v) is 5.11. The Morgan fingerprint density at radius 2 is 2.03 bits per heavy atom. The Balaban J connectivity index is 2.00. The van der Waals surface area contributed by atoms with E-state index in [0.717, 1.165) is 23.3 Å². The Labute approximate surface area is 181 Å². The van der Waals surface area contributed by atoms with E-state index in [1.54, 1.807) is 33.1 Å². The van der Waals surface area contributed by atoms with Gasteiger partial charge in [0, 0.05) is 6.08 Å². The number of benzene rings is 1. The van der Waals surface area contributed by atoms with E-state index in [9.17, 15) is 9.59 Å². The molecule has 0 radical (unpaired) electrons. The SMILES string of the molecule is CCOC(=O)c1sc(NC(=O)/C=C/c2ccc(OCCC(C)C)c(OC)c2)nc1C. The second-order valence-corrected chi connectivity index (χ2v) is 7.92. The summed E-state index contributed by atoms with van der Waals surface area (Å²) in [6, 6.07) is 5.48. The fourth-order valence-electron chi connectivity index (χ4n) is 2.47. The van der Waals surface area contributed by atoms with Crippen molar-refractivity contribution in [1.82, 2.24) is 4.98 Å². The lowest BCUT2D eigenvalue weighted by atomic mass is 10.1. The van der Waals surface area contributed by atoms with Crippen LogP contribution in [0.3, 0.4) is 0 Å². The number of esters is 1. The second-order valence-electron chi connectivity index (χ2n) is 6.92. The van der Waals surface area contributed by atoms with Gasteiger partial charge in [-0.2, -0.15) is 0 Å². The lowest BCUT2D eigenvalue weighted by Crippen LogP contribution is -2.07. The van der Waals surface area contributed by atoms with Crippen LogP contribution in [0.4, 0.5) is 5.13 Å². The molecule has 0 spiro atoms. The third kappa shape index (κ3) is 6.88. The van der Waals surface area contributed by atoms with Crippen molar-refractivity contribution in [1.29, 1.82) is 0 Å². The van der Waals surface area contributed by atoms with Gasteiger partial charge in [0.15, 0.2) is 16.6 Å². The van der Waals surface area contributed by atoms with E-state index < -0.39 is 5.97 Å². The average Bonchev–Trinajstić information content (AvgIpc) is 3.07. The summed E-state index contributed by atoms with van der Waals surface area (Å²) in [6.45, 7) is 8.62. The predicted molar refractivity (Wildman–Crippen MR) is 118 cm³/mol. The van der Waals surface area contributed by atoms with Crippen molar-refractivity contribution >= 4 is 34.4 Å². The van der Waals surface area contributed by atoms with Crippen LogP contribution in [0.25, 0.3) is 6.08 Å². The lowest BCUT2D eigenvalue weighted by molar-refractivity contribution is -0.111. The molecule has 0 aliphatic carbocycles. The van der Waals surface area contributed by atoms with Crippen LogP contribution in [-0.4, -0.2) is 37.2 Å². The monoisotopic (exact) mass is 432 g/mol. The zero-order valence-electron chi connectivity index (χ0n) is 18.0. The smallest absolute Gasteiger partial charge is 0.350 e. The van der Waals surface area contributed by atoms with Crippen molar-refractivity contribution in [2.75, 3.05) is 25.6 Å². The Morgan fingerprint density at radius 3 is 2.70 bits per heavy atom. The highest BCUT2D eigenvalue weighted by atomic mass is 32.1. The van der Waals surface area contributed by atoms with E-state index in [0.29, 0.717) is 39.7 Å². The Hall–Kier alpha value is -2.87. The molecule has 2 rings (SSSR count). The minimum atomic E-state index is -0.439. The van der Waals surface area contributed by atoms with Crippen LogP contribution in [0.5, 0.6) is 11.5 Å².